The van der Waals surface area contributed by atoms with E-state index >= 15 is 0 Å². The van der Waals surface area contributed by atoms with Gasteiger partial charge in [0.2, 0.25) is 0 Å². The van der Waals surface area contributed by atoms with Crippen molar-refractivity contribution in [1.82, 2.24) is 4.90 Å². The lowest BCUT2D eigenvalue weighted by Gasteiger charge is -2.21. The number of carbonyl (C=O) groups excluding carboxylic acids is 1. The number of rotatable bonds is 7. The molecule has 0 saturated carbocycles. The Morgan fingerprint density at radius 3 is 2.53 bits per heavy atom. The Bertz CT molecular complexity index is 404. The first-order chi connectivity index (χ1) is 9.08. The third-order valence-corrected chi connectivity index (χ3v) is 2.89. The molecule has 0 aliphatic carbocycles. The molecule has 0 saturated heterocycles. The van der Waals surface area contributed by atoms with Crippen LogP contribution < -0.4 is 0 Å². The van der Waals surface area contributed by atoms with Crippen LogP contribution in [0.25, 0.3) is 0 Å². The molecular weight excluding hydrogens is 246 g/mol. The van der Waals surface area contributed by atoms with Crippen LogP contribution in [0.1, 0.15) is 24.2 Å². The molecule has 0 bridgehead atoms. The summed E-state index contributed by atoms with van der Waals surface area (Å²) in [6, 6.07) is 6.17. The van der Waals surface area contributed by atoms with Crippen LogP contribution in [0.2, 0.25) is 0 Å². The number of phenolic OH excluding ortho intramolecular Hbond substituents is 1. The number of aromatic hydroxyl groups is 1. The predicted octanol–water partition coefficient (Wildman–Crippen LogP) is 1.25. The van der Waals surface area contributed by atoms with Crippen molar-refractivity contribution in [3.8, 4) is 5.75 Å². The summed E-state index contributed by atoms with van der Waals surface area (Å²) in [5.41, 5.74) is 0.109. The van der Waals surface area contributed by atoms with Gasteiger partial charge in [-0.3, -0.25) is 0 Å². The fourth-order valence-corrected chi connectivity index (χ4v) is 1.73. The molecule has 1 aromatic carbocycles. The van der Waals surface area contributed by atoms with E-state index in [1.165, 1.54) is 12.1 Å². The molecule has 5 heteroatoms. The lowest BCUT2D eigenvalue weighted by atomic mass is 10.2. The van der Waals surface area contributed by atoms with Crippen molar-refractivity contribution in [2.45, 2.75) is 20.0 Å². The third-order valence-electron chi connectivity index (χ3n) is 2.89. The van der Waals surface area contributed by atoms with E-state index in [0.29, 0.717) is 6.54 Å². The zero-order chi connectivity index (χ0) is 14.3. The first kappa shape index (κ1) is 15.5. The van der Waals surface area contributed by atoms with Gasteiger partial charge in [0.1, 0.15) is 24.0 Å². The van der Waals surface area contributed by atoms with Gasteiger partial charge >= 0.3 is 5.97 Å². The second-order valence-corrected chi connectivity index (χ2v) is 4.26. The highest BCUT2D eigenvalue weighted by atomic mass is 16.5. The Balaban J connectivity index is 2.44. The summed E-state index contributed by atoms with van der Waals surface area (Å²) >= 11 is 0. The van der Waals surface area contributed by atoms with Gasteiger partial charge in [-0.05, 0) is 25.2 Å². The van der Waals surface area contributed by atoms with Crippen molar-refractivity contribution in [3.63, 3.8) is 0 Å². The lowest BCUT2D eigenvalue weighted by Crippen LogP contribution is -2.35. The normalized spacial score (nSPS) is 12.4. The zero-order valence-electron chi connectivity index (χ0n) is 11.4. The highest BCUT2D eigenvalue weighted by Gasteiger charge is 2.15. The molecular formula is C14H21NO4. The van der Waals surface area contributed by atoms with E-state index in [2.05, 4.69) is 0 Å². The van der Waals surface area contributed by atoms with Gasteiger partial charge < -0.3 is 19.8 Å². The number of nitrogens with zero attached hydrogens (tertiary/aromatic N) is 1. The van der Waals surface area contributed by atoms with Gasteiger partial charge in [-0.2, -0.15) is 0 Å². The van der Waals surface area contributed by atoms with Crippen LogP contribution in [-0.4, -0.2) is 53.4 Å². The fraction of sp³-hybridized carbons (Fsp3) is 0.500. The summed E-state index contributed by atoms with van der Waals surface area (Å²) in [6.45, 7) is 6.06. The van der Waals surface area contributed by atoms with Crippen molar-refractivity contribution in [2.24, 2.45) is 0 Å². The Morgan fingerprint density at radius 2 is 1.95 bits per heavy atom. The molecule has 5 nitrogen and oxygen atoms in total. The zero-order valence-corrected chi connectivity index (χ0v) is 11.4. The van der Waals surface area contributed by atoms with Crippen LogP contribution in [0, 0.1) is 0 Å². The number of hydrogen-bond donors (Lipinski definition) is 2. The molecule has 19 heavy (non-hydrogen) atoms. The number of phenols is 1. The Morgan fingerprint density at radius 1 is 1.32 bits per heavy atom. The van der Waals surface area contributed by atoms with E-state index < -0.39 is 12.1 Å². The minimum Gasteiger partial charge on any atom is -0.507 e. The standard InChI is InChI=1S/C14H21NO4/c1-3-15(4-2)9-11(16)10-19-14(18)12-7-5-6-8-13(12)17/h5-8,11,16-17H,3-4,9-10H2,1-2H3. The van der Waals surface area contributed by atoms with Gasteiger partial charge in [-0.15, -0.1) is 0 Å². The molecule has 0 heterocycles. The number of hydrogen-bond acceptors (Lipinski definition) is 5. The second-order valence-electron chi connectivity index (χ2n) is 4.26. The lowest BCUT2D eigenvalue weighted by molar-refractivity contribution is 0.0164. The number of para-hydroxylation sites is 1. The van der Waals surface area contributed by atoms with Crippen molar-refractivity contribution in [2.75, 3.05) is 26.2 Å². The van der Waals surface area contributed by atoms with Crippen LogP contribution in [0.3, 0.4) is 0 Å². The van der Waals surface area contributed by atoms with Crippen molar-refractivity contribution < 1.29 is 19.7 Å². The topological polar surface area (TPSA) is 70.0 Å². The number of ether oxygens (including phenoxy) is 1. The molecule has 0 aromatic heterocycles. The summed E-state index contributed by atoms with van der Waals surface area (Å²) in [5.74, 6) is -0.748. The summed E-state index contributed by atoms with van der Waals surface area (Å²) in [6.07, 6.45) is -0.727. The molecule has 0 radical (unpaired) electrons. The largest absolute Gasteiger partial charge is 0.507 e. The molecule has 1 aromatic rings. The van der Waals surface area contributed by atoms with E-state index in [1.807, 2.05) is 18.7 Å². The van der Waals surface area contributed by atoms with Crippen LogP contribution in [0.4, 0.5) is 0 Å². The van der Waals surface area contributed by atoms with Crippen molar-refractivity contribution in [3.05, 3.63) is 29.8 Å². The SMILES string of the molecule is CCN(CC)CC(O)COC(=O)c1ccccc1O. The molecule has 0 aliphatic rings. The molecule has 106 valence electrons. The Labute approximate surface area is 113 Å². The Hall–Kier alpha value is -1.59. The molecule has 0 amide bonds. The molecule has 1 atom stereocenters. The van der Waals surface area contributed by atoms with Crippen molar-refractivity contribution >= 4 is 5.97 Å². The first-order valence-corrected chi connectivity index (χ1v) is 6.44. The van der Waals surface area contributed by atoms with E-state index in [0.717, 1.165) is 13.1 Å². The van der Waals surface area contributed by atoms with Gasteiger partial charge in [0.15, 0.2) is 0 Å². The van der Waals surface area contributed by atoms with Crippen molar-refractivity contribution in [1.29, 1.82) is 0 Å². The van der Waals surface area contributed by atoms with Gasteiger partial charge in [-0.1, -0.05) is 26.0 Å². The van der Waals surface area contributed by atoms with Gasteiger partial charge in [0.25, 0.3) is 0 Å². The summed E-state index contributed by atoms with van der Waals surface area (Å²) in [5, 5.41) is 19.3. The summed E-state index contributed by atoms with van der Waals surface area (Å²) in [4.78, 5) is 13.7. The predicted molar refractivity (Wildman–Crippen MR) is 72.2 cm³/mol. The minimum atomic E-state index is -0.727. The third kappa shape index (κ3) is 4.89. The summed E-state index contributed by atoms with van der Waals surface area (Å²) < 4.78 is 4.98. The van der Waals surface area contributed by atoms with E-state index in [4.69, 9.17) is 4.74 Å². The summed E-state index contributed by atoms with van der Waals surface area (Å²) in [7, 11) is 0. The number of benzene rings is 1. The maximum Gasteiger partial charge on any atom is 0.342 e. The fourth-order valence-electron chi connectivity index (χ4n) is 1.73. The average molecular weight is 267 g/mol. The van der Waals surface area contributed by atoms with E-state index in [-0.39, 0.29) is 17.9 Å². The number of aliphatic hydroxyl groups excluding tert-OH is 1. The number of esters is 1. The van der Waals surface area contributed by atoms with Crippen LogP contribution >= 0.6 is 0 Å². The van der Waals surface area contributed by atoms with Crippen LogP contribution in [-0.2, 0) is 4.74 Å². The monoisotopic (exact) mass is 267 g/mol. The highest BCUT2D eigenvalue weighted by Crippen LogP contribution is 2.16. The second kappa shape index (κ2) is 7.76. The maximum atomic E-state index is 11.7. The van der Waals surface area contributed by atoms with E-state index in [9.17, 15) is 15.0 Å². The first-order valence-electron chi connectivity index (χ1n) is 6.44. The molecule has 1 rings (SSSR count). The molecule has 0 aliphatic heterocycles. The van der Waals surface area contributed by atoms with Crippen LogP contribution in [0.15, 0.2) is 24.3 Å². The van der Waals surface area contributed by atoms with Crippen LogP contribution in [0.5, 0.6) is 5.75 Å². The Kier molecular flexibility index (Phi) is 6.32. The molecule has 0 spiro atoms. The highest BCUT2D eigenvalue weighted by molar-refractivity contribution is 5.92. The quantitative estimate of drug-likeness (QED) is 0.728. The minimum absolute atomic E-state index is 0.0797. The smallest absolute Gasteiger partial charge is 0.342 e. The average Bonchev–Trinajstić information content (AvgIpc) is 2.42. The van der Waals surface area contributed by atoms with Gasteiger partial charge in [0, 0.05) is 6.54 Å². The van der Waals surface area contributed by atoms with E-state index in [1.54, 1.807) is 12.1 Å². The maximum absolute atomic E-state index is 11.7. The molecule has 2 N–H and O–H groups in total. The molecule has 0 fully saturated rings. The number of aliphatic hydroxyl groups is 1. The molecule has 1 unspecified atom stereocenters. The number of carbonyl (C=O) groups is 1. The number of likely N-dealkylation sites (N-methyl/N-ethyl adjacent to an activating group) is 1. The van der Waals surface area contributed by atoms with Gasteiger partial charge in [0.05, 0.1) is 0 Å². The van der Waals surface area contributed by atoms with Gasteiger partial charge in [-0.25, -0.2) is 4.79 Å².